The Hall–Kier alpha value is -2.25. The van der Waals surface area contributed by atoms with Gasteiger partial charge >= 0.3 is 0 Å². The highest BCUT2D eigenvalue weighted by molar-refractivity contribution is 7.89. The predicted molar refractivity (Wildman–Crippen MR) is 100 cm³/mol. The number of sulfonamides is 1. The van der Waals surface area contributed by atoms with Crippen molar-refractivity contribution in [2.75, 3.05) is 5.32 Å². The molecular formula is C19H23FN2O3S. The molecule has 0 heterocycles. The van der Waals surface area contributed by atoms with E-state index < -0.39 is 26.6 Å². The van der Waals surface area contributed by atoms with Gasteiger partial charge in [0.05, 0.1) is 0 Å². The van der Waals surface area contributed by atoms with Crippen molar-refractivity contribution in [1.82, 2.24) is 4.72 Å². The molecule has 1 atom stereocenters. The van der Waals surface area contributed by atoms with E-state index in [-0.39, 0.29) is 11.6 Å². The number of carbonyl (C=O) groups excluding carboxylic acids is 1. The molecule has 0 bridgehead atoms. The van der Waals surface area contributed by atoms with Gasteiger partial charge in [-0.15, -0.1) is 0 Å². The van der Waals surface area contributed by atoms with E-state index in [1.54, 1.807) is 19.1 Å². The third kappa shape index (κ3) is 4.89. The molecule has 1 unspecified atom stereocenters. The third-order valence-electron chi connectivity index (χ3n) is 4.07. The number of hydrogen-bond acceptors (Lipinski definition) is 3. The van der Waals surface area contributed by atoms with Crippen LogP contribution in [0.25, 0.3) is 0 Å². The summed E-state index contributed by atoms with van der Waals surface area (Å²) < 4.78 is 41.1. The standard InChI is InChI=1S/C19H23FN2O3S/c1-4-13(3)22-26(24,25)18-12-15(8-11-17(18)20)19(23)21-16-9-6-14(5-2)7-10-16/h6-13,22H,4-5H2,1-3H3,(H,21,23). The molecule has 1 amide bonds. The molecule has 2 N–H and O–H groups in total. The summed E-state index contributed by atoms with van der Waals surface area (Å²) in [5.74, 6) is -1.40. The smallest absolute Gasteiger partial charge is 0.255 e. The average Bonchev–Trinajstić information content (AvgIpc) is 2.62. The zero-order valence-corrected chi connectivity index (χ0v) is 15.9. The van der Waals surface area contributed by atoms with Gasteiger partial charge in [0, 0.05) is 17.3 Å². The number of aryl methyl sites for hydroxylation is 1. The zero-order chi connectivity index (χ0) is 19.3. The monoisotopic (exact) mass is 378 g/mol. The quantitative estimate of drug-likeness (QED) is 0.771. The van der Waals surface area contributed by atoms with Crippen molar-refractivity contribution in [1.29, 1.82) is 0 Å². The number of nitrogens with one attached hydrogen (secondary N) is 2. The highest BCUT2D eigenvalue weighted by Gasteiger charge is 2.22. The molecule has 5 nitrogen and oxygen atoms in total. The van der Waals surface area contributed by atoms with Crippen LogP contribution in [-0.4, -0.2) is 20.4 Å². The van der Waals surface area contributed by atoms with Crippen LogP contribution in [0.15, 0.2) is 47.4 Å². The number of halogens is 1. The number of hydrogen-bond donors (Lipinski definition) is 2. The van der Waals surface area contributed by atoms with Crippen molar-refractivity contribution in [2.24, 2.45) is 0 Å². The minimum Gasteiger partial charge on any atom is -0.322 e. The molecule has 2 aromatic rings. The SMILES string of the molecule is CCc1ccc(NC(=O)c2ccc(F)c(S(=O)(=O)NC(C)CC)c2)cc1. The second-order valence-corrected chi connectivity index (χ2v) is 7.76. The maximum atomic E-state index is 14.0. The third-order valence-corrected chi connectivity index (χ3v) is 5.68. The zero-order valence-electron chi connectivity index (χ0n) is 15.0. The first kappa shape index (κ1) is 20.1. The van der Waals surface area contributed by atoms with Gasteiger partial charge in [-0.05, 0) is 55.7 Å². The Kier molecular flexibility index (Phi) is 6.50. The van der Waals surface area contributed by atoms with Crippen LogP contribution in [-0.2, 0) is 16.4 Å². The molecule has 0 radical (unpaired) electrons. The van der Waals surface area contributed by atoms with Gasteiger partial charge < -0.3 is 5.32 Å². The van der Waals surface area contributed by atoms with Gasteiger partial charge in [-0.1, -0.05) is 26.0 Å². The summed E-state index contributed by atoms with van der Waals surface area (Å²) >= 11 is 0. The van der Waals surface area contributed by atoms with Crippen LogP contribution in [0.1, 0.15) is 43.1 Å². The second kappa shape index (κ2) is 8.42. The molecule has 0 aliphatic heterocycles. The van der Waals surface area contributed by atoms with E-state index >= 15 is 0 Å². The van der Waals surface area contributed by atoms with Crippen molar-refractivity contribution in [2.45, 2.75) is 44.6 Å². The van der Waals surface area contributed by atoms with Gasteiger partial charge in [0.25, 0.3) is 5.91 Å². The van der Waals surface area contributed by atoms with Crippen LogP contribution < -0.4 is 10.0 Å². The molecule has 140 valence electrons. The fraction of sp³-hybridized carbons (Fsp3) is 0.316. The van der Waals surface area contributed by atoms with Gasteiger partial charge in [-0.25, -0.2) is 17.5 Å². The molecule has 0 saturated heterocycles. The van der Waals surface area contributed by atoms with E-state index in [0.717, 1.165) is 24.1 Å². The minimum atomic E-state index is -4.05. The van der Waals surface area contributed by atoms with Crippen molar-refractivity contribution < 1.29 is 17.6 Å². The summed E-state index contributed by atoms with van der Waals surface area (Å²) in [7, 11) is -4.05. The Morgan fingerprint density at radius 3 is 2.35 bits per heavy atom. The van der Waals surface area contributed by atoms with Gasteiger partial charge in [-0.2, -0.15) is 0 Å². The van der Waals surface area contributed by atoms with E-state index in [2.05, 4.69) is 10.0 Å². The normalized spacial score (nSPS) is 12.6. The first-order valence-electron chi connectivity index (χ1n) is 8.49. The molecule has 2 aromatic carbocycles. The van der Waals surface area contributed by atoms with Crippen molar-refractivity contribution in [3.8, 4) is 0 Å². The second-order valence-electron chi connectivity index (χ2n) is 6.08. The molecular weight excluding hydrogens is 355 g/mol. The van der Waals surface area contributed by atoms with Crippen LogP contribution >= 0.6 is 0 Å². The Morgan fingerprint density at radius 2 is 1.77 bits per heavy atom. The summed E-state index contributed by atoms with van der Waals surface area (Å²) in [6.45, 7) is 5.53. The average molecular weight is 378 g/mol. The van der Waals surface area contributed by atoms with Crippen LogP contribution in [0.5, 0.6) is 0 Å². The Morgan fingerprint density at radius 1 is 1.12 bits per heavy atom. The summed E-state index contributed by atoms with van der Waals surface area (Å²) in [6, 6.07) is 10.3. The molecule has 26 heavy (non-hydrogen) atoms. The maximum absolute atomic E-state index is 14.0. The molecule has 0 aromatic heterocycles. The van der Waals surface area contributed by atoms with E-state index in [1.165, 1.54) is 6.07 Å². The van der Waals surface area contributed by atoms with Gasteiger partial charge in [0.15, 0.2) is 0 Å². The number of benzene rings is 2. The first-order chi connectivity index (χ1) is 12.3. The largest absolute Gasteiger partial charge is 0.322 e. The first-order valence-corrected chi connectivity index (χ1v) is 9.97. The van der Waals surface area contributed by atoms with Crippen molar-refractivity contribution in [3.63, 3.8) is 0 Å². The van der Waals surface area contributed by atoms with Crippen molar-refractivity contribution >= 4 is 21.6 Å². The highest BCUT2D eigenvalue weighted by atomic mass is 32.2. The topological polar surface area (TPSA) is 75.3 Å². The lowest BCUT2D eigenvalue weighted by Gasteiger charge is -2.13. The molecule has 2 rings (SSSR count). The lowest BCUT2D eigenvalue weighted by molar-refractivity contribution is 0.102. The van der Waals surface area contributed by atoms with Gasteiger partial charge in [-0.3, -0.25) is 4.79 Å². The van der Waals surface area contributed by atoms with E-state index in [4.69, 9.17) is 0 Å². The molecule has 0 fully saturated rings. The summed E-state index contributed by atoms with van der Waals surface area (Å²) in [4.78, 5) is 11.9. The van der Waals surface area contributed by atoms with Crippen LogP contribution in [0.4, 0.5) is 10.1 Å². The number of rotatable bonds is 7. The van der Waals surface area contributed by atoms with Crippen LogP contribution in [0.3, 0.4) is 0 Å². The lowest BCUT2D eigenvalue weighted by Crippen LogP contribution is -2.32. The summed E-state index contributed by atoms with van der Waals surface area (Å²) in [5, 5.41) is 2.68. The predicted octanol–water partition coefficient (Wildman–Crippen LogP) is 3.72. The summed E-state index contributed by atoms with van der Waals surface area (Å²) in [6.07, 6.45) is 1.45. The Labute approximate surface area is 153 Å². The molecule has 0 spiro atoms. The Balaban J connectivity index is 2.26. The van der Waals surface area contributed by atoms with E-state index in [9.17, 15) is 17.6 Å². The molecule has 0 aliphatic carbocycles. The maximum Gasteiger partial charge on any atom is 0.255 e. The van der Waals surface area contributed by atoms with E-state index in [0.29, 0.717) is 12.1 Å². The van der Waals surface area contributed by atoms with Gasteiger partial charge in [0.1, 0.15) is 10.7 Å². The van der Waals surface area contributed by atoms with Crippen LogP contribution in [0, 0.1) is 5.82 Å². The van der Waals surface area contributed by atoms with Crippen LogP contribution in [0.2, 0.25) is 0 Å². The Bertz CT molecular complexity index is 880. The minimum absolute atomic E-state index is 0.0653. The molecule has 0 saturated carbocycles. The van der Waals surface area contributed by atoms with E-state index in [1.807, 2.05) is 26.0 Å². The summed E-state index contributed by atoms with van der Waals surface area (Å²) in [5.41, 5.74) is 1.78. The van der Waals surface area contributed by atoms with Crippen molar-refractivity contribution in [3.05, 3.63) is 59.4 Å². The molecule has 7 heteroatoms. The lowest BCUT2D eigenvalue weighted by atomic mass is 10.1. The number of anilines is 1. The molecule has 0 aliphatic rings. The number of carbonyl (C=O) groups is 1. The number of amides is 1. The fourth-order valence-corrected chi connectivity index (χ4v) is 3.72. The van der Waals surface area contributed by atoms with Gasteiger partial charge in [0.2, 0.25) is 10.0 Å². The highest BCUT2D eigenvalue weighted by Crippen LogP contribution is 2.19. The fourth-order valence-electron chi connectivity index (χ4n) is 2.29.